The van der Waals surface area contributed by atoms with Crippen molar-refractivity contribution in [3.05, 3.63) is 30.0 Å². The summed E-state index contributed by atoms with van der Waals surface area (Å²) in [6, 6.07) is 7.64. The van der Waals surface area contributed by atoms with Crippen molar-refractivity contribution in [3.63, 3.8) is 0 Å². The number of aromatic nitrogens is 1. The lowest BCUT2D eigenvalue weighted by molar-refractivity contribution is -0.151. The smallest absolute Gasteiger partial charge is 0.307 e. The number of H-pyrrole nitrogens is 1. The molecule has 0 bridgehead atoms. The highest BCUT2D eigenvalue weighted by Gasteiger charge is 2.41. The molecule has 0 aliphatic heterocycles. The minimum Gasteiger partial charge on any atom is -0.481 e. The second kappa shape index (κ2) is 4.67. The second-order valence-corrected chi connectivity index (χ2v) is 5.37. The van der Waals surface area contributed by atoms with Gasteiger partial charge in [-0.15, -0.1) is 0 Å². The average Bonchev–Trinajstić information content (AvgIpc) is 2.65. The Bertz CT molecular complexity index is 689. The molecule has 2 unspecified atom stereocenters. The van der Waals surface area contributed by atoms with Crippen LogP contribution in [0, 0.1) is 18.8 Å². The van der Waals surface area contributed by atoms with E-state index in [0.29, 0.717) is 18.5 Å². The molecule has 1 heterocycles. The molecule has 5 heteroatoms. The van der Waals surface area contributed by atoms with Gasteiger partial charge in [0.1, 0.15) is 0 Å². The number of rotatable bonds is 3. The van der Waals surface area contributed by atoms with Crippen LogP contribution in [0.25, 0.3) is 10.9 Å². The van der Waals surface area contributed by atoms with Gasteiger partial charge in [0.2, 0.25) is 5.91 Å². The van der Waals surface area contributed by atoms with E-state index in [0.717, 1.165) is 16.6 Å². The van der Waals surface area contributed by atoms with Crippen molar-refractivity contribution in [2.75, 3.05) is 5.32 Å². The van der Waals surface area contributed by atoms with Crippen LogP contribution in [0.3, 0.4) is 0 Å². The third-order valence-electron chi connectivity index (χ3n) is 3.95. The number of hydrogen-bond acceptors (Lipinski definition) is 2. The normalized spacial score (nSPS) is 21.4. The minimum absolute atomic E-state index is 0.199. The van der Waals surface area contributed by atoms with Gasteiger partial charge in [-0.3, -0.25) is 9.59 Å². The van der Waals surface area contributed by atoms with Gasteiger partial charge in [0.05, 0.1) is 11.8 Å². The zero-order valence-corrected chi connectivity index (χ0v) is 11.1. The average molecular weight is 272 g/mol. The van der Waals surface area contributed by atoms with E-state index in [1.165, 1.54) is 0 Å². The maximum absolute atomic E-state index is 12.1. The highest BCUT2D eigenvalue weighted by Crippen LogP contribution is 2.35. The zero-order valence-electron chi connectivity index (χ0n) is 11.1. The molecule has 1 aliphatic carbocycles. The van der Waals surface area contributed by atoms with Crippen LogP contribution in [-0.4, -0.2) is 22.0 Å². The number of aromatic amines is 1. The topological polar surface area (TPSA) is 82.2 Å². The molecular formula is C15H16N2O3. The van der Waals surface area contributed by atoms with Gasteiger partial charge in [-0.1, -0.05) is 0 Å². The molecule has 1 aromatic heterocycles. The van der Waals surface area contributed by atoms with Gasteiger partial charge in [0, 0.05) is 22.3 Å². The quantitative estimate of drug-likeness (QED) is 0.803. The summed E-state index contributed by atoms with van der Waals surface area (Å²) in [7, 11) is 0. The Labute approximate surface area is 116 Å². The van der Waals surface area contributed by atoms with Crippen molar-refractivity contribution >= 4 is 28.5 Å². The van der Waals surface area contributed by atoms with E-state index in [1.54, 1.807) is 0 Å². The van der Waals surface area contributed by atoms with E-state index in [9.17, 15) is 9.59 Å². The standard InChI is InChI=1S/C15H16N2O3/c1-8-6-9-7-10(2-5-13(9)16-8)17-14(18)11-3-4-12(11)15(19)20/h2,5-7,11-12,16H,3-4H2,1H3,(H,17,18)(H,19,20). The molecule has 3 rings (SSSR count). The van der Waals surface area contributed by atoms with Crippen molar-refractivity contribution in [2.24, 2.45) is 11.8 Å². The molecule has 3 N–H and O–H groups in total. The maximum Gasteiger partial charge on any atom is 0.307 e. The fourth-order valence-corrected chi connectivity index (χ4v) is 2.70. The summed E-state index contributed by atoms with van der Waals surface area (Å²) in [4.78, 5) is 26.2. The number of benzene rings is 1. The van der Waals surface area contributed by atoms with Crippen LogP contribution in [0.15, 0.2) is 24.3 Å². The third-order valence-corrected chi connectivity index (χ3v) is 3.95. The van der Waals surface area contributed by atoms with E-state index >= 15 is 0 Å². The van der Waals surface area contributed by atoms with Crippen molar-refractivity contribution in [2.45, 2.75) is 19.8 Å². The van der Waals surface area contributed by atoms with Gasteiger partial charge in [-0.05, 0) is 44.0 Å². The monoisotopic (exact) mass is 272 g/mol. The predicted molar refractivity (Wildman–Crippen MR) is 75.5 cm³/mol. The summed E-state index contributed by atoms with van der Waals surface area (Å²) in [5, 5.41) is 12.8. The van der Waals surface area contributed by atoms with E-state index in [2.05, 4.69) is 10.3 Å². The van der Waals surface area contributed by atoms with Crippen molar-refractivity contribution in [1.29, 1.82) is 0 Å². The van der Waals surface area contributed by atoms with E-state index < -0.39 is 17.8 Å². The number of amides is 1. The van der Waals surface area contributed by atoms with Crippen molar-refractivity contribution in [3.8, 4) is 0 Å². The summed E-state index contributed by atoms with van der Waals surface area (Å²) in [5.74, 6) is -2.02. The molecule has 2 atom stereocenters. The maximum atomic E-state index is 12.1. The minimum atomic E-state index is -0.881. The molecule has 104 valence electrons. The van der Waals surface area contributed by atoms with Crippen LogP contribution in [0.2, 0.25) is 0 Å². The number of carbonyl (C=O) groups excluding carboxylic acids is 1. The summed E-state index contributed by atoms with van der Waals surface area (Å²) in [6.07, 6.45) is 1.23. The van der Waals surface area contributed by atoms with Gasteiger partial charge < -0.3 is 15.4 Å². The van der Waals surface area contributed by atoms with Crippen LogP contribution < -0.4 is 5.32 Å². The highest BCUT2D eigenvalue weighted by atomic mass is 16.4. The lowest BCUT2D eigenvalue weighted by Gasteiger charge is -2.31. The predicted octanol–water partition coefficient (Wildman–Crippen LogP) is 2.53. The molecule has 0 saturated heterocycles. The Morgan fingerprint density at radius 1 is 1.25 bits per heavy atom. The number of aliphatic carboxylic acids is 1. The second-order valence-electron chi connectivity index (χ2n) is 5.37. The van der Waals surface area contributed by atoms with Crippen LogP contribution in [0.1, 0.15) is 18.5 Å². The number of carboxylic acids is 1. The summed E-state index contributed by atoms with van der Waals surface area (Å²) in [5.41, 5.74) is 2.79. The van der Waals surface area contributed by atoms with E-state index in [4.69, 9.17) is 5.11 Å². The fraction of sp³-hybridized carbons (Fsp3) is 0.333. The first-order chi connectivity index (χ1) is 9.54. The van der Waals surface area contributed by atoms with Crippen molar-refractivity contribution < 1.29 is 14.7 Å². The van der Waals surface area contributed by atoms with Gasteiger partial charge in [-0.25, -0.2) is 0 Å². The first-order valence-electron chi connectivity index (χ1n) is 6.67. The Morgan fingerprint density at radius 2 is 2.00 bits per heavy atom. The van der Waals surface area contributed by atoms with Crippen molar-refractivity contribution in [1.82, 2.24) is 4.98 Å². The van der Waals surface area contributed by atoms with Gasteiger partial charge in [-0.2, -0.15) is 0 Å². The zero-order chi connectivity index (χ0) is 14.3. The molecule has 1 amide bonds. The Morgan fingerprint density at radius 3 is 2.65 bits per heavy atom. The van der Waals surface area contributed by atoms with E-state index in [-0.39, 0.29) is 5.91 Å². The number of nitrogens with one attached hydrogen (secondary N) is 2. The van der Waals surface area contributed by atoms with Crippen LogP contribution in [0.5, 0.6) is 0 Å². The van der Waals surface area contributed by atoms with E-state index in [1.807, 2.05) is 31.2 Å². The third kappa shape index (κ3) is 2.15. The number of fused-ring (bicyclic) bond motifs is 1. The number of hydrogen-bond donors (Lipinski definition) is 3. The summed E-state index contributed by atoms with van der Waals surface area (Å²) < 4.78 is 0. The Kier molecular flexibility index (Phi) is 2.97. The SMILES string of the molecule is Cc1cc2cc(NC(=O)C3CCC3C(=O)O)ccc2[nH]1. The van der Waals surface area contributed by atoms with Gasteiger partial charge >= 0.3 is 5.97 Å². The Balaban J connectivity index is 1.75. The number of carbonyl (C=O) groups is 2. The first-order valence-corrected chi connectivity index (χ1v) is 6.67. The van der Waals surface area contributed by atoms with Gasteiger partial charge in [0.15, 0.2) is 0 Å². The largest absolute Gasteiger partial charge is 0.481 e. The number of aryl methyl sites for hydroxylation is 1. The molecule has 1 aromatic carbocycles. The molecule has 5 nitrogen and oxygen atoms in total. The number of anilines is 1. The number of carboxylic acid groups (broad SMARTS) is 1. The lowest BCUT2D eigenvalue weighted by Crippen LogP contribution is -2.41. The molecule has 1 fully saturated rings. The molecule has 1 saturated carbocycles. The molecule has 0 radical (unpaired) electrons. The van der Waals surface area contributed by atoms with Crippen LogP contribution in [-0.2, 0) is 9.59 Å². The summed E-state index contributed by atoms with van der Waals surface area (Å²) in [6.45, 7) is 1.98. The molecular weight excluding hydrogens is 256 g/mol. The highest BCUT2D eigenvalue weighted by molar-refractivity contribution is 5.97. The van der Waals surface area contributed by atoms with Crippen LogP contribution >= 0.6 is 0 Å². The molecule has 1 aliphatic rings. The molecule has 2 aromatic rings. The molecule has 0 spiro atoms. The Hall–Kier alpha value is -2.30. The molecule has 20 heavy (non-hydrogen) atoms. The van der Waals surface area contributed by atoms with Gasteiger partial charge in [0.25, 0.3) is 0 Å². The fourth-order valence-electron chi connectivity index (χ4n) is 2.70. The van der Waals surface area contributed by atoms with Crippen LogP contribution in [0.4, 0.5) is 5.69 Å². The lowest BCUT2D eigenvalue weighted by atomic mass is 9.73. The first kappa shape index (κ1) is 12.7. The summed E-state index contributed by atoms with van der Waals surface area (Å²) >= 11 is 0.